The molecule has 3 aliphatic rings. The van der Waals surface area contributed by atoms with Gasteiger partial charge in [-0.15, -0.1) is 21.5 Å². The van der Waals surface area contributed by atoms with Crippen LogP contribution in [0.2, 0.25) is 0 Å². The van der Waals surface area contributed by atoms with Crippen molar-refractivity contribution in [2.75, 3.05) is 31.1 Å². The lowest BCUT2D eigenvalue weighted by atomic mass is 9.72. The maximum Gasteiger partial charge on any atom is 0.262 e. The molecular weight excluding hydrogens is 671 g/mol. The third kappa shape index (κ3) is 8.37. The number of hydrogen-bond donors (Lipinski definition) is 2. The lowest BCUT2D eigenvalue weighted by Crippen LogP contribution is -2.56. The zero-order valence-corrected chi connectivity index (χ0v) is 31.9. The number of aromatic amines is 1. The molecule has 0 radical (unpaired) electrons. The smallest absolute Gasteiger partial charge is 0.262 e. The van der Waals surface area contributed by atoms with Gasteiger partial charge in [0.1, 0.15) is 6.04 Å². The first-order valence-electron chi connectivity index (χ1n) is 19.2. The van der Waals surface area contributed by atoms with Crippen molar-refractivity contribution >= 4 is 28.8 Å². The fourth-order valence-electron chi connectivity index (χ4n) is 8.32. The van der Waals surface area contributed by atoms with Gasteiger partial charge in [0.2, 0.25) is 5.91 Å². The van der Waals surface area contributed by atoms with E-state index in [4.69, 9.17) is 9.97 Å². The van der Waals surface area contributed by atoms with Gasteiger partial charge in [-0.2, -0.15) is 5.21 Å². The van der Waals surface area contributed by atoms with Crippen molar-refractivity contribution in [1.29, 1.82) is 0 Å². The first-order chi connectivity index (χ1) is 25.1. The minimum atomic E-state index is -0.722. The van der Waals surface area contributed by atoms with E-state index in [0.29, 0.717) is 36.0 Å². The fourth-order valence-corrected chi connectivity index (χ4v) is 9.29. The van der Waals surface area contributed by atoms with Crippen molar-refractivity contribution in [2.24, 2.45) is 17.8 Å². The second-order valence-electron chi connectivity index (χ2n) is 16.2. The number of H-pyrrole nitrogens is 1. The number of nitrogens with zero attached hydrogens (tertiary/aromatic N) is 7. The molecule has 1 aliphatic carbocycles. The first-order valence-corrected chi connectivity index (χ1v) is 20.1. The molecule has 276 valence electrons. The lowest BCUT2D eigenvalue weighted by molar-refractivity contribution is -0.137. The minimum Gasteiger partial charge on any atom is -0.369 e. The van der Waals surface area contributed by atoms with E-state index < -0.39 is 6.04 Å². The fraction of sp³-hybridized carbons (Fsp3) is 0.575. The summed E-state index contributed by atoms with van der Waals surface area (Å²) < 4.78 is 0. The Bertz CT molecular complexity index is 1760. The topological polar surface area (TPSA) is 133 Å². The normalized spacial score (nSPS) is 20.8. The molecular formula is C40H53N9O2S. The molecule has 2 saturated heterocycles. The van der Waals surface area contributed by atoms with Crippen molar-refractivity contribution in [1.82, 2.24) is 40.8 Å². The molecule has 3 aromatic heterocycles. The molecule has 52 heavy (non-hydrogen) atoms. The van der Waals surface area contributed by atoms with E-state index in [0.717, 1.165) is 52.5 Å². The summed E-state index contributed by atoms with van der Waals surface area (Å²) in [5.74, 6) is 3.69. The molecule has 2 N–H and O–H groups in total. The van der Waals surface area contributed by atoms with Crippen LogP contribution < -0.4 is 10.2 Å². The van der Waals surface area contributed by atoms with E-state index in [9.17, 15) is 9.59 Å². The Hall–Kier alpha value is -4.19. The Morgan fingerprint density at radius 2 is 1.63 bits per heavy atom. The zero-order valence-electron chi connectivity index (χ0n) is 31.1. The van der Waals surface area contributed by atoms with E-state index in [2.05, 4.69) is 58.5 Å². The molecule has 2 amide bonds. The van der Waals surface area contributed by atoms with Crippen molar-refractivity contribution in [3.05, 3.63) is 69.9 Å². The highest BCUT2D eigenvalue weighted by Crippen LogP contribution is 2.40. The summed E-state index contributed by atoms with van der Waals surface area (Å²) in [6.07, 6.45) is 15.2. The van der Waals surface area contributed by atoms with Crippen LogP contribution in [0.1, 0.15) is 111 Å². The number of piperidine rings is 1. The number of anilines is 1. The monoisotopic (exact) mass is 723 g/mol. The number of likely N-dealkylation sites (tertiary alicyclic amines) is 1. The zero-order chi connectivity index (χ0) is 36.2. The van der Waals surface area contributed by atoms with Crippen LogP contribution in [0.5, 0.6) is 0 Å². The summed E-state index contributed by atoms with van der Waals surface area (Å²) >= 11 is 1.47. The maximum atomic E-state index is 13.8. The number of aromatic nitrogens is 6. The predicted octanol–water partition coefficient (Wildman–Crippen LogP) is 6.81. The summed E-state index contributed by atoms with van der Waals surface area (Å²) in [4.78, 5) is 42.7. The number of tetrazole rings is 1. The molecule has 11 nitrogen and oxygen atoms in total. The van der Waals surface area contributed by atoms with E-state index in [1.807, 2.05) is 48.8 Å². The van der Waals surface area contributed by atoms with Crippen LogP contribution in [0.15, 0.2) is 48.8 Å². The highest BCUT2D eigenvalue weighted by atomic mass is 32.1. The Morgan fingerprint density at radius 1 is 0.942 bits per heavy atom. The van der Waals surface area contributed by atoms with Crippen LogP contribution in [0.25, 0.3) is 11.4 Å². The first kappa shape index (κ1) is 36.2. The average molecular weight is 724 g/mol. The molecule has 7 rings (SSSR count). The number of amides is 2. The number of carbonyl (C=O) groups excluding carboxylic acids is 2. The van der Waals surface area contributed by atoms with Crippen molar-refractivity contribution in [3.63, 3.8) is 0 Å². The van der Waals surface area contributed by atoms with Crippen molar-refractivity contribution in [2.45, 2.75) is 103 Å². The van der Waals surface area contributed by atoms with Gasteiger partial charge in [0.25, 0.3) is 5.91 Å². The third-order valence-electron chi connectivity index (χ3n) is 11.5. The van der Waals surface area contributed by atoms with Gasteiger partial charge in [-0.1, -0.05) is 82.9 Å². The Labute approximate surface area is 311 Å². The molecule has 4 aromatic rings. The number of nitrogens with one attached hydrogen (secondary N) is 2. The van der Waals surface area contributed by atoms with Gasteiger partial charge in [0.15, 0.2) is 11.6 Å². The highest BCUT2D eigenvalue weighted by Gasteiger charge is 2.38. The molecule has 3 fully saturated rings. The number of hydrogen-bond acceptors (Lipinski definition) is 9. The summed E-state index contributed by atoms with van der Waals surface area (Å²) in [7, 11) is 0. The maximum absolute atomic E-state index is 13.8. The number of carbonyl (C=O) groups is 2. The molecule has 5 heterocycles. The van der Waals surface area contributed by atoms with Crippen LogP contribution in [0, 0.1) is 17.8 Å². The molecule has 12 heteroatoms. The van der Waals surface area contributed by atoms with Crippen LogP contribution >= 0.6 is 11.3 Å². The molecule has 0 spiro atoms. The van der Waals surface area contributed by atoms with E-state index in [1.165, 1.54) is 62.7 Å². The van der Waals surface area contributed by atoms with Gasteiger partial charge in [-0.05, 0) is 66.5 Å². The molecule has 0 bridgehead atoms. The third-order valence-corrected chi connectivity index (χ3v) is 13.1. The molecule has 1 atom stereocenters. The van der Waals surface area contributed by atoms with E-state index in [1.54, 1.807) is 4.90 Å². The summed E-state index contributed by atoms with van der Waals surface area (Å²) in [6, 6.07) is 11.1. The summed E-state index contributed by atoms with van der Waals surface area (Å²) in [5, 5.41) is 17.3. The van der Waals surface area contributed by atoms with Gasteiger partial charge in [0.05, 0.1) is 28.9 Å². The Kier molecular flexibility index (Phi) is 11.0. The lowest BCUT2D eigenvalue weighted by Gasteiger charge is -2.39. The van der Waals surface area contributed by atoms with Crippen molar-refractivity contribution in [3.8, 4) is 11.4 Å². The van der Waals surface area contributed by atoms with Crippen molar-refractivity contribution < 1.29 is 9.59 Å². The SMILES string of the molecule is CCCC1CCC(C2CCN(c3cnc(-c4ccc(C[C@H](NC(=O)c5ccc(C(C)(C)C)s5)C(=O)N5CC(c6nn[nH]n6)C5)cc4)nc3)CC2)CC1. The average Bonchev–Trinajstić information content (AvgIpc) is 3.86. The molecule has 1 aromatic carbocycles. The van der Waals surface area contributed by atoms with Gasteiger partial charge in [0, 0.05) is 43.0 Å². The summed E-state index contributed by atoms with van der Waals surface area (Å²) in [5.41, 5.74) is 2.89. The van der Waals surface area contributed by atoms with Gasteiger partial charge >= 0.3 is 0 Å². The summed E-state index contributed by atoms with van der Waals surface area (Å²) in [6.45, 7) is 11.8. The van der Waals surface area contributed by atoms with Gasteiger partial charge in [-0.25, -0.2) is 9.97 Å². The van der Waals surface area contributed by atoms with Crippen LogP contribution in [-0.2, 0) is 16.6 Å². The van der Waals surface area contributed by atoms with E-state index >= 15 is 0 Å². The number of thiophene rings is 1. The van der Waals surface area contributed by atoms with Crippen LogP contribution in [-0.4, -0.2) is 79.5 Å². The van der Waals surface area contributed by atoms with Gasteiger partial charge < -0.3 is 15.1 Å². The minimum absolute atomic E-state index is 0.0308. The molecule has 1 saturated carbocycles. The highest BCUT2D eigenvalue weighted by molar-refractivity contribution is 7.14. The standard InChI is InChI=1S/C40H53N9O2S/c1-5-6-26-7-11-28(12-8-26)29-17-19-48(20-18-29)32-22-41-36(42-23-32)30-13-9-27(10-14-30)21-33(39(51)49-24-31(25-49)37-44-46-47-45-37)43-38(50)34-15-16-35(52-34)40(2,3)4/h9-10,13-16,22-23,26,28-29,31,33H,5-8,11-12,17-21,24-25H2,1-4H3,(H,43,50)(H,44,45,46,47)/t26?,28?,33-/m0/s1. The number of rotatable bonds is 11. The predicted molar refractivity (Wildman–Crippen MR) is 204 cm³/mol. The largest absolute Gasteiger partial charge is 0.369 e. The quantitative estimate of drug-likeness (QED) is 0.173. The van der Waals surface area contributed by atoms with E-state index in [-0.39, 0.29) is 23.1 Å². The van der Waals surface area contributed by atoms with Crippen LogP contribution in [0.4, 0.5) is 5.69 Å². The second-order valence-corrected chi connectivity index (χ2v) is 17.3. The van der Waals surface area contributed by atoms with Crippen LogP contribution in [0.3, 0.4) is 0 Å². The molecule has 0 unspecified atom stereocenters. The Balaban J connectivity index is 0.965. The van der Waals surface area contributed by atoms with Gasteiger partial charge in [-0.3, -0.25) is 9.59 Å². The Morgan fingerprint density at radius 3 is 2.25 bits per heavy atom. The number of benzene rings is 1. The second kappa shape index (κ2) is 15.8. The molecule has 2 aliphatic heterocycles.